The second kappa shape index (κ2) is 8.58. The number of carbonyl (C=O) groups excluding carboxylic acids is 1. The summed E-state index contributed by atoms with van der Waals surface area (Å²) < 4.78 is 29.9. The van der Waals surface area contributed by atoms with Crippen molar-refractivity contribution in [2.75, 3.05) is 5.32 Å². The molecule has 0 fully saturated rings. The first kappa shape index (κ1) is 21.2. The molecule has 0 unspecified atom stereocenters. The van der Waals surface area contributed by atoms with Crippen LogP contribution in [-0.2, 0) is 13.0 Å². The highest BCUT2D eigenvalue weighted by molar-refractivity contribution is 6.06. The van der Waals surface area contributed by atoms with E-state index in [2.05, 4.69) is 5.32 Å². The molecule has 1 aromatic heterocycles. The van der Waals surface area contributed by atoms with E-state index in [1.165, 1.54) is 36.4 Å². The Hall–Kier alpha value is -4.07. The van der Waals surface area contributed by atoms with Crippen molar-refractivity contribution >= 4 is 28.2 Å². The van der Waals surface area contributed by atoms with Gasteiger partial charge in [0.05, 0.1) is 4.92 Å². The fourth-order valence-electron chi connectivity index (χ4n) is 3.71. The topological polar surface area (TPSA) is 77.2 Å². The van der Waals surface area contributed by atoms with Crippen molar-refractivity contribution in [3.63, 3.8) is 0 Å². The highest BCUT2D eigenvalue weighted by atomic mass is 19.1. The molecule has 8 heteroatoms. The van der Waals surface area contributed by atoms with Crippen LogP contribution in [0.15, 0.2) is 66.7 Å². The third-order valence-corrected chi connectivity index (χ3v) is 5.25. The number of rotatable bonds is 6. The van der Waals surface area contributed by atoms with Crippen LogP contribution in [0.25, 0.3) is 10.9 Å². The molecule has 0 spiro atoms. The van der Waals surface area contributed by atoms with Gasteiger partial charge in [0.25, 0.3) is 11.6 Å². The van der Waals surface area contributed by atoms with Gasteiger partial charge in [0.1, 0.15) is 17.3 Å². The number of nitrogens with zero attached hydrogens (tertiary/aromatic N) is 2. The largest absolute Gasteiger partial charge is 0.336 e. The molecule has 162 valence electrons. The fraction of sp³-hybridized carbons (Fsp3) is 0.125. The van der Waals surface area contributed by atoms with E-state index in [0.717, 1.165) is 5.56 Å². The van der Waals surface area contributed by atoms with Gasteiger partial charge < -0.3 is 9.88 Å². The molecule has 3 aromatic carbocycles. The van der Waals surface area contributed by atoms with Crippen LogP contribution < -0.4 is 5.32 Å². The number of benzene rings is 3. The number of nitro benzene ring substituents is 1. The Morgan fingerprint density at radius 2 is 1.75 bits per heavy atom. The smallest absolute Gasteiger partial charge is 0.272 e. The van der Waals surface area contributed by atoms with E-state index in [1.54, 1.807) is 16.7 Å². The molecule has 0 bridgehead atoms. The summed E-state index contributed by atoms with van der Waals surface area (Å²) in [6.45, 7) is 2.00. The van der Waals surface area contributed by atoms with Crippen LogP contribution in [0.3, 0.4) is 0 Å². The van der Waals surface area contributed by atoms with E-state index in [0.29, 0.717) is 16.6 Å². The van der Waals surface area contributed by atoms with Gasteiger partial charge in [0.15, 0.2) is 0 Å². The number of non-ortho nitro benzene ring substituents is 1. The van der Waals surface area contributed by atoms with Gasteiger partial charge in [-0.1, -0.05) is 18.2 Å². The van der Waals surface area contributed by atoms with E-state index < -0.39 is 22.5 Å². The van der Waals surface area contributed by atoms with Gasteiger partial charge in [-0.25, -0.2) is 8.78 Å². The average molecular weight is 435 g/mol. The summed E-state index contributed by atoms with van der Waals surface area (Å²) in [7, 11) is 0. The summed E-state index contributed by atoms with van der Waals surface area (Å²) in [6, 6.07) is 16.7. The molecule has 1 heterocycles. The summed E-state index contributed by atoms with van der Waals surface area (Å²) in [4.78, 5) is 23.7. The Morgan fingerprint density at radius 1 is 1.03 bits per heavy atom. The SMILES string of the molecule is Cc1cccc(NC(=O)c2cc3cc([N+](=O)[O-])ccc3n2CCc2c(F)cccc2F)c1. The fourth-order valence-corrected chi connectivity index (χ4v) is 3.71. The molecule has 4 aromatic rings. The Morgan fingerprint density at radius 3 is 2.44 bits per heavy atom. The summed E-state index contributed by atoms with van der Waals surface area (Å²) >= 11 is 0. The highest BCUT2D eigenvalue weighted by Gasteiger charge is 2.19. The number of hydrogen-bond donors (Lipinski definition) is 1. The van der Waals surface area contributed by atoms with E-state index in [-0.39, 0.29) is 29.9 Å². The van der Waals surface area contributed by atoms with Crippen LogP contribution in [0, 0.1) is 28.7 Å². The number of fused-ring (bicyclic) bond motifs is 1. The first-order chi connectivity index (χ1) is 15.3. The quantitative estimate of drug-likeness (QED) is 0.315. The number of anilines is 1. The first-order valence-electron chi connectivity index (χ1n) is 9.92. The van der Waals surface area contributed by atoms with Crippen LogP contribution in [0.4, 0.5) is 20.2 Å². The molecule has 32 heavy (non-hydrogen) atoms. The Labute approximate surface area is 182 Å². The minimum absolute atomic E-state index is 0.00397. The van der Waals surface area contributed by atoms with E-state index in [1.807, 2.05) is 25.1 Å². The van der Waals surface area contributed by atoms with Crippen LogP contribution in [0.1, 0.15) is 21.6 Å². The van der Waals surface area contributed by atoms with Gasteiger partial charge in [-0.15, -0.1) is 0 Å². The lowest BCUT2D eigenvalue weighted by Crippen LogP contribution is -2.18. The van der Waals surface area contributed by atoms with Crippen molar-refractivity contribution in [2.24, 2.45) is 0 Å². The predicted molar refractivity (Wildman–Crippen MR) is 118 cm³/mol. The van der Waals surface area contributed by atoms with Gasteiger partial charge in [-0.2, -0.15) is 0 Å². The van der Waals surface area contributed by atoms with Crippen molar-refractivity contribution in [2.45, 2.75) is 19.9 Å². The second-order valence-corrected chi connectivity index (χ2v) is 7.46. The monoisotopic (exact) mass is 435 g/mol. The summed E-state index contributed by atoms with van der Waals surface area (Å²) in [5.74, 6) is -1.76. The molecule has 0 aliphatic rings. The van der Waals surface area contributed by atoms with Crippen LogP contribution in [-0.4, -0.2) is 15.4 Å². The third kappa shape index (κ3) is 4.20. The molecule has 0 saturated carbocycles. The van der Waals surface area contributed by atoms with E-state index in [4.69, 9.17) is 0 Å². The lowest BCUT2D eigenvalue weighted by Gasteiger charge is -2.12. The Kier molecular flexibility index (Phi) is 5.68. The molecule has 0 atom stereocenters. The molecule has 0 radical (unpaired) electrons. The Bertz CT molecular complexity index is 1330. The molecular weight excluding hydrogens is 416 g/mol. The molecule has 4 rings (SSSR count). The van der Waals surface area contributed by atoms with Gasteiger partial charge >= 0.3 is 0 Å². The average Bonchev–Trinajstić information content (AvgIpc) is 3.11. The zero-order valence-corrected chi connectivity index (χ0v) is 17.1. The number of hydrogen-bond acceptors (Lipinski definition) is 3. The number of nitrogens with one attached hydrogen (secondary N) is 1. The molecule has 1 amide bonds. The van der Waals surface area contributed by atoms with Crippen molar-refractivity contribution in [3.8, 4) is 0 Å². The number of aromatic nitrogens is 1. The van der Waals surface area contributed by atoms with Crippen LogP contribution in [0.5, 0.6) is 0 Å². The predicted octanol–water partition coefficient (Wildman–Crippen LogP) is 5.63. The van der Waals surface area contributed by atoms with Crippen molar-refractivity contribution in [3.05, 3.63) is 105 Å². The highest BCUT2D eigenvalue weighted by Crippen LogP contribution is 2.26. The van der Waals surface area contributed by atoms with Gasteiger partial charge in [0, 0.05) is 40.8 Å². The standard InChI is InChI=1S/C24H19F2N3O3/c1-15-4-2-5-17(12-15)27-24(30)23-14-16-13-18(29(31)32)8-9-22(16)28(23)11-10-19-20(25)6-3-7-21(19)26/h2-9,12-14H,10-11H2,1H3,(H,27,30). The number of amides is 1. The zero-order chi connectivity index (χ0) is 22.8. The second-order valence-electron chi connectivity index (χ2n) is 7.46. The van der Waals surface area contributed by atoms with Crippen molar-refractivity contribution in [1.29, 1.82) is 0 Å². The third-order valence-electron chi connectivity index (χ3n) is 5.25. The van der Waals surface area contributed by atoms with Crippen LogP contribution >= 0.6 is 0 Å². The lowest BCUT2D eigenvalue weighted by molar-refractivity contribution is -0.384. The summed E-state index contributed by atoms with van der Waals surface area (Å²) in [5, 5.41) is 14.5. The maximum atomic E-state index is 14.1. The van der Waals surface area contributed by atoms with Gasteiger partial charge in [0.2, 0.25) is 0 Å². The van der Waals surface area contributed by atoms with Crippen molar-refractivity contribution in [1.82, 2.24) is 4.57 Å². The Balaban J connectivity index is 1.74. The lowest BCUT2D eigenvalue weighted by atomic mass is 10.1. The summed E-state index contributed by atoms with van der Waals surface area (Å²) in [6.07, 6.45) is 0.00397. The zero-order valence-electron chi connectivity index (χ0n) is 17.1. The van der Waals surface area contributed by atoms with E-state index in [9.17, 15) is 23.7 Å². The molecule has 0 saturated heterocycles. The summed E-state index contributed by atoms with van der Waals surface area (Å²) in [5.41, 5.74) is 2.16. The normalized spacial score (nSPS) is 11.0. The van der Waals surface area contributed by atoms with Gasteiger partial charge in [-0.3, -0.25) is 14.9 Å². The van der Waals surface area contributed by atoms with E-state index >= 15 is 0 Å². The number of nitro groups is 1. The number of carbonyl (C=O) groups is 1. The number of aryl methyl sites for hydroxylation is 2. The molecule has 1 N–H and O–H groups in total. The first-order valence-corrected chi connectivity index (χ1v) is 9.92. The molecular formula is C24H19F2N3O3. The minimum Gasteiger partial charge on any atom is -0.336 e. The minimum atomic E-state index is -0.664. The maximum Gasteiger partial charge on any atom is 0.272 e. The number of halogens is 2. The molecule has 0 aliphatic heterocycles. The molecule has 6 nitrogen and oxygen atoms in total. The van der Waals surface area contributed by atoms with Gasteiger partial charge in [-0.05, 0) is 55.3 Å². The van der Waals surface area contributed by atoms with Crippen LogP contribution in [0.2, 0.25) is 0 Å². The molecule has 0 aliphatic carbocycles. The maximum absolute atomic E-state index is 14.1. The van der Waals surface area contributed by atoms with Crippen molar-refractivity contribution < 1.29 is 18.5 Å².